The number of nitrogens with zero attached hydrogens (tertiary/aromatic N) is 3. The SMILES string of the molecule is [2H]C([2H])([2H])N1C=CN(B2C=c3c(oc4ccccc34)=CN2C)[C@H]1C. The third-order valence-electron chi connectivity index (χ3n) is 4.26. The molecule has 2 aromatic rings. The molecule has 0 spiro atoms. The van der Waals surface area contributed by atoms with Crippen LogP contribution in [0.3, 0.4) is 0 Å². The zero-order chi connectivity index (χ0) is 17.1. The topological polar surface area (TPSA) is 22.9 Å². The van der Waals surface area contributed by atoms with Crippen LogP contribution in [0.5, 0.6) is 0 Å². The summed E-state index contributed by atoms with van der Waals surface area (Å²) in [6.45, 7) is -0.316. The van der Waals surface area contributed by atoms with Gasteiger partial charge in [0.1, 0.15) is 11.0 Å². The molecule has 1 atom stereocenters. The van der Waals surface area contributed by atoms with Crippen molar-refractivity contribution in [2.45, 2.75) is 13.1 Å². The van der Waals surface area contributed by atoms with Gasteiger partial charge in [0.25, 0.3) is 0 Å². The van der Waals surface area contributed by atoms with E-state index in [1.807, 2.05) is 60.3 Å². The molecule has 4 nitrogen and oxygen atoms in total. The molecule has 0 saturated carbocycles. The van der Waals surface area contributed by atoms with Crippen molar-refractivity contribution < 1.29 is 8.53 Å². The lowest BCUT2D eigenvalue weighted by Gasteiger charge is -2.35. The lowest BCUT2D eigenvalue weighted by molar-refractivity contribution is 0.266. The van der Waals surface area contributed by atoms with Gasteiger partial charge in [-0.15, -0.1) is 0 Å². The molecule has 106 valence electrons. The highest BCUT2D eigenvalue weighted by atomic mass is 16.3. The van der Waals surface area contributed by atoms with Crippen LogP contribution in [-0.4, -0.2) is 41.7 Å². The van der Waals surface area contributed by atoms with Crippen molar-refractivity contribution in [1.29, 1.82) is 0 Å². The summed E-state index contributed by atoms with van der Waals surface area (Å²) in [6, 6.07) is 7.95. The quantitative estimate of drug-likeness (QED) is 0.728. The van der Waals surface area contributed by atoms with Crippen LogP contribution in [0.25, 0.3) is 23.1 Å². The first-order chi connectivity index (χ1) is 11.4. The summed E-state index contributed by atoms with van der Waals surface area (Å²) in [5.74, 6) is 2.13. The molecule has 3 heterocycles. The smallest absolute Gasteiger partial charge is 0.405 e. The van der Waals surface area contributed by atoms with E-state index in [1.54, 1.807) is 6.20 Å². The van der Waals surface area contributed by atoms with Crippen molar-refractivity contribution in [3.05, 3.63) is 47.3 Å². The predicted octanol–water partition coefficient (Wildman–Crippen LogP) is 0.989. The zero-order valence-electron chi connectivity index (χ0n) is 15.0. The molecule has 0 unspecified atom stereocenters. The minimum absolute atomic E-state index is 0.0721. The Morgan fingerprint density at radius 3 is 2.95 bits per heavy atom. The van der Waals surface area contributed by atoms with Gasteiger partial charge < -0.3 is 18.9 Å². The molecule has 0 radical (unpaired) electrons. The second-order valence-corrected chi connectivity index (χ2v) is 5.54. The van der Waals surface area contributed by atoms with Crippen LogP contribution in [0.4, 0.5) is 0 Å². The molecule has 1 aromatic heterocycles. The predicted molar refractivity (Wildman–Crippen MR) is 86.1 cm³/mol. The van der Waals surface area contributed by atoms with E-state index in [1.165, 1.54) is 4.90 Å². The molecule has 0 saturated heterocycles. The highest BCUT2D eigenvalue weighted by Crippen LogP contribution is 2.18. The number of fused-ring (bicyclic) bond motifs is 3. The van der Waals surface area contributed by atoms with Crippen LogP contribution in [0.1, 0.15) is 11.0 Å². The van der Waals surface area contributed by atoms with Crippen molar-refractivity contribution >= 4 is 30.1 Å². The van der Waals surface area contributed by atoms with Crippen molar-refractivity contribution in [3.8, 4) is 0 Å². The summed E-state index contributed by atoms with van der Waals surface area (Å²) in [5.41, 5.74) is 1.69. The van der Waals surface area contributed by atoms with Crippen LogP contribution < -0.4 is 10.6 Å². The first-order valence-corrected chi connectivity index (χ1v) is 7.04. The molecule has 1 aromatic carbocycles. The minimum Gasteiger partial charge on any atom is -0.455 e. The summed E-state index contributed by atoms with van der Waals surface area (Å²) in [4.78, 5) is 5.47. The third-order valence-corrected chi connectivity index (χ3v) is 4.26. The molecule has 0 bridgehead atoms. The Labute approximate surface area is 128 Å². The van der Waals surface area contributed by atoms with E-state index < -0.39 is 6.98 Å². The van der Waals surface area contributed by atoms with Crippen molar-refractivity contribution in [3.63, 3.8) is 0 Å². The summed E-state index contributed by atoms with van der Waals surface area (Å²) >= 11 is 0. The summed E-state index contributed by atoms with van der Waals surface area (Å²) in [5, 5.41) is 2.13. The maximum atomic E-state index is 7.65. The Morgan fingerprint density at radius 2 is 2.14 bits per heavy atom. The zero-order valence-corrected chi connectivity index (χ0v) is 12.0. The molecule has 0 aliphatic carbocycles. The van der Waals surface area contributed by atoms with Gasteiger partial charge in [-0.25, -0.2) is 0 Å². The molecule has 5 heteroatoms. The van der Waals surface area contributed by atoms with Gasteiger partial charge in [0.2, 0.25) is 0 Å². The van der Waals surface area contributed by atoms with Gasteiger partial charge in [0.05, 0.1) is 6.17 Å². The van der Waals surface area contributed by atoms with Crippen molar-refractivity contribution in [1.82, 2.24) is 14.5 Å². The van der Waals surface area contributed by atoms with Gasteiger partial charge >= 0.3 is 6.98 Å². The Balaban J connectivity index is 1.77. The van der Waals surface area contributed by atoms with Crippen LogP contribution >= 0.6 is 0 Å². The van der Waals surface area contributed by atoms with Gasteiger partial charge in [-0.2, -0.15) is 0 Å². The Bertz CT molecular complexity index is 936. The Kier molecular flexibility index (Phi) is 1.99. The van der Waals surface area contributed by atoms with Gasteiger partial charge in [-0.05, 0) is 20.0 Å². The fraction of sp³-hybridized carbons (Fsp3) is 0.250. The number of hydrogen-bond donors (Lipinski definition) is 0. The van der Waals surface area contributed by atoms with Gasteiger partial charge in [0, 0.05) is 40.3 Å². The molecular weight excluding hydrogens is 261 g/mol. The second-order valence-electron chi connectivity index (χ2n) is 5.54. The van der Waals surface area contributed by atoms with E-state index >= 15 is 0 Å². The fourth-order valence-corrected chi connectivity index (χ4v) is 3.03. The van der Waals surface area contributed by atoms with E-state index in [0.717, 1.165) is 21.6 Å². The number of hydrogen-bond acceptors (Lipinski definition) is 4. The van der Waals surface area contributed by atoms with E-state index in [2.05, 4.69) is 5.98 Å². The van der Waals surface area contributed by atoms with Gasteiger partial charge in [0.15, 0.2) is 0 Å². The van der Waals surface area contributed by atoms with Crippen molar-refractivity contribution in [2.75, 3.05) is 14.0 Å². The van der Waals surface area contributed by atoms with E-state index in [0.29, 0.717) is 0 Å². The van der Waals surface area contributed by atoms with E-state index in [4.69, 9.17) is 8.53 Å². The second kappa shape index (κ2) is 4.35. The highest BCUT2D eigenvalue weighted by molar-refractivity contribution is 6.69. The average molecular weight is 282 g/mol. The molecule has 0 fully saturated rings. The third kappa shape index (κ3) is 1.77. The van der Waals surface area contributed by atoms with Crippen LogP contribution in [0.2, 0.25) is 0 Å². The largest absolute Gasteiger partial charge is 0.455 e. The van der Waals surface area contributed by atoms with Gasteiger partial charge in [-0.3, -0.25) is 0 Å². The molecule has 4 rings (SSSR count). The first kappa shape index (κ1) is 9.61. The average Bonchev–Trinajstić information content (AvgIpc) is 3.06. The number of para-hydroxylation sites is 1. The molecule has 2 aliphatic rings. The maximum Gasteiger partial charge on any atom is 0.405 e. The maximum absolute atomic E-state index is 7.65. The first-order valence-electron chi connectivity index (χ1n) is 8.54. The molecule has 0 amide bonds. The lowest BCUT2D eigenvalue weighted by atomic mass is 9.70. The van der Waals surface area contributed by atoms with Crippen LogP contribution in [0.15, 0.2) is 41.1 Å². The standard InChI is InChI=1S/C16H18BN3O/c1-12-18(2)8-9-20(12)17-10-14-13-6-4-5-7-15(13)21-16(14)11-19(17)3/h4-12H,1-3H3/t12-/m0/s1/i2D3. The van der Waals surface area contributed by atoms with E-state index in [9.17, 15) is 0 Å². The number of furan rings is 1. The summed E-state index contributed by atoms with van der Waals surface area (Å²) in [7, 11) is 1.97. The van der Waals surface area contributed by atoms with Crippen LogP contribution in [-0.2, 0) is 0 Å². The lowest BCUT2D eigenvalue weighted by Crippen LogP contribution is -2.53. The molecule has 2 aliphatic heterocycles. The molecule has 0 N–H and O–H groups in total. The Morgan fingerprint density at radius 1 is 1.29 bits per heavy atom. The minimum atomic E-state index is -2.14. The molecule has 21 heavy (non-hydrogen) atoms. The normalized spacial score (nSPS) is 23.5. The fourth-order valence-electron chi connectivity index (χ4n) is 3.03. The van der Waals surface area contributed by atoms with E-state index in [-0.39, 0.29) is 13.1 Å². The summed E-state index contributed by atoms with van der Waals surface area (Å²) < 4.78 is 28.9. The van der Waals surface area contributed by atoms with Crippen LogP contribution in [0, 0.1) is 0 Å². The van der Waals surface area contributed by atoms with Gasteiger partial charge in [-0.1, -0.05) is 24.2 Å². The monoisotopic (exact) mass is 282 g/mol. The summed E-state index contributed by atoms with van der Waals surface area (Å²) in [6.07, 6.45) is 5.20. The highest BCUT2D eigenvalue weighted by Gasteiger charge is 2.33. The molecular formula is C16H18BN3O. The van der Waals surface area contributed by atoms with Crippen molar-refractivity contribution in [2.24, 2.45) is 0 Å². The Hall–Kier alpha value is -2.30. The number of rotatable bonds is 1. The number of benzene rings is 1.